The first-order valence-corrected chi connectivity index (χ1v) is 16.4. The van der Waals surface area contributed by atoms with Gasteiger partial charge < -0.3 is 13.7 Å². The molecule has 48 heavy (non-hydrogen) atoms. The van der Waals surface area contributed by atoms with Gasteiger partial charge in [-0.05, 0) is 69.9 Å². The fourth-order valence-corrected chi connectivity index (χ4v) is 7.50. The van der Waals surface area contributed by atoms with Crippen molar-refractivity contribution in [2.45, 2.75) is 6.42 Å². The van der Waals surface area contributed by atoms with Crippen molar-refractivity contribution in [3.05, 3.63) is 173 Å². The summed E-state index contributed by atoms with van der Waals surface area (Å²) < 4.78 is 12.8. The van der Waals surface area contributed by atoms with Crippen molar-refractivity contribution in [1.29, 1.82) is 0 Å². The summed E-state index contributed by atoms with van der Waals surface area (Å²) in [5.41, 5.74) is 9.36. The largest absolute Gasteiger partial charge is 0.460 e. The zero-order valence-corrected chi connectivity index (χ0v) is 26.1. The Balaban J connectivity index is 1.26. The maximum atomic E-state index is 6.58. The second kappa shape index (κ2) is 10.6. The van der Waals surface area contributed by atoms with Crippen molar-refractivity contribution in [2.24, 2.45) is 0 Å². The molecule has 0 amide bonds. The van der Waals surface area contributed by atoms with Crippen molar-refractivity contribution in [3.63, 3.8) is 0 Å². The summed E-state index contributed by atoms with van der Waals surface area (Å²) in [7, 11) is 0. The lowest BCUT2D eigenvalue weighted by Crippen LogP contribution is -2.22. The number of rotatable bonds is 4. The summed E-state index contributed by atoms with van der Waals surface area (Å²) in [5.74, 6) is 0.995. The number of nitrogens with zero attached hydrogens (tertiary/aromatic N) is 1. The number of hydrogen-bond donors (Lipinski definition) is 0. The Kier molecular flexibility index (Phi) is 5.94. The summed E-state index contributed by atoms with van der Waals surface area (Å²) in [5, 5.41) is 8.16. The van der Waals surface area contributed by atoms with Crippen LogP contribution in [0.2, 0.25) is 0 Å². The molecule has 0 N–H and O–H groups in total. The quantitative estimate of drug-likeness (QED) is 0.197. The SMILES string of the molecule is C1=c2ccccc2=Cc2c(oc3cccc(-c4ccccc4N(c4ccc5oc6ccccc6c5c4)c4cccc5ccccc45)c23)C1. The average Bonchev–Trinajstić information content (AvgIpc) is 3.63. The fraction of sp³-hybridized carbons (Fsp3) is 0.0222. The smallest absolute Gasteiger partial charge is 0.135 e. The molecule has 10 rings (SSSR count). The van der Waals surface area contributed by atoms with E-state index in [4.69, 9.17) is 8.83 Å². The standard InChI is InChI=1S/C45H29NO2/c1-2-13-31-27-38-43(25-23-29(31)11-1)48-44-22-10-18-36(45(38)44)34-16-5-7-19-40(34)46(39-20-9-14-30-12-3-4-15-33(30)39)32-24-26-42-37(28-32)35-17-6-8-21-41(35)47-42/h1-24,26-28H,25H2. The van der Waals surface area contributed by atoms with Crippen LogP contribution in [0.3, 0.4) is 0 Å². The van der Waals surface area contributed by atoms with Gasteiger partial charge in [-0.2, -0.15) is 0 Å². The highest BCUT2D eigenvalue weighted by molar-refractivity contribution is 6.09. The van der Waals surface area contributed by atoms with Crippen LogP contribution in [0.25, 0.3) is 67.0 Å². The monoisotopic (exact) mass is 615 g/mol. The van der Waals surface area contributed by atoms with E-state index in [1.165, 1.54) is 21.2 Å². The molecule has 0 atom stereocenters. The summed E-state index contributed by atoms with van der Waals surface area (Å²) in [4.78, 5) is 2.41. The van der Waals surface area contributed by atoms with Gasteiger partial charge in [0.1, 0.15) is 22.5 Å². The van der Waals surface area contributed by atoms with Crippen LogP contribution < -0.4 is 15.3 Å². The highest BCUT2D eigenvalue weighted by atomic mass is 16.3. The van der Waals surface area contributed by atoms with Crippen LogP contribution in [0.1, 0.15) is 11.3 Å². The number of benzene rings is 7. The fourth-order valence-electron chi connectivity index (χ4n) is 7.50. The maximum absolute atomic E-state index is 6.58. The zero-order chi connectivity index (χ0) is 31.6. The third-order valence-corrected chi connectivity index (χ3v) is 9.69. The van der Waals surface area contributed by atoms with Crippen LogP contribution in [0.15, 0.2) is 160 Å². The minimum Gasteiger partial charge on any atom is -0.460 e. The molecule has 0 spiro atoms. The van der Waals surface area contributed by atoms with Gasteiger partial charge in [0.05, 0.1) is 11.4 Å². The Labute approximate surface area is 276 Å². The molecule has 2 heterocycles. The number of anilines is 3. The van der Waals surface area contributed by atoms with Crippen LogP contribution in [-0.4, -0.2) is 0 Å². The lowest BCUT2D eigenvalue weighted by Gasteiger charge is -2.29. The molecule has 0 bridgehead atoms. The van der Waals surface area contributed by atoms with E-state index in [2.05, 4.69) is 157 Å². The highest BCUT2D eigenvalue weighted by Crippen LogP contribution is 2.47. The van der Waals surface area contributed by atoms with E-state index in [9.17, 15) is 0 Å². The summed E-state index contributed by atoms with van der Waals surface area (Å²) in [6.07, 6.45) is 5.32. The summed E-state index contributed by atoms with van der Waals surface area (Å²) in [6, 6.07) is 53.8. The molecule has 0 aliphatic heterocycles. The van der Waals surface area contributed by atoms with Crippen molar-refractivity contribution in [3.8, 4) is 11.1 Å². The minimum atomic E-state index is 0.749. The van der Waals surface area contributed by atoms with Crippen molar-refractivity contribution in [2.75, 3.05) is 4.90 Å². The minimum absolute atomic E-state index is 0.749. The van der Waals surface area contributed by atoms with E-state index < -0.39 is 0 Å². The molecular formula is C45H29NO2. The molecule has 0 unspecified atom stereocenters. The number of hydrogen-bond acceptors (Lipinski definition) is 3. The molecule has 9 aromatic rings. The van der Waals surface area contributed by atoms with Crippen molar-refractivity contribution >= 4 is 72.9 Å². The van der Waals surface area contributed by atoms with E-state index in [1.54, 1.807) is 0 Å². The predicted molar refractivity (Wildman–Crippen MR) is 199 cm³/mol. The van der Waals surface area contributed by atoms with Gasteiger partial charge in [0.25, 0.3) is 0 Å². The number of para-hydroxylation sites is 2. The Morgan fingerprint density at radius 1 is 0.479 bits per heavy atom. The van der Waals surface area contributed by atoms with Crippen molar-refractivity contribution < 1.29 is 8.83 Å². The van der Waals surface area contributed by atoms with E-state index in [1.807, 2.05) is 12.1 Å². The van der Waals surface area contributed by atoms with E-state index in [-0.39, 0.29) is 0 Å². The Morgan fingerprint density at radius 2 is 1.17 bits per heavy atom. The van der Waals surface area contributed by atoms with Gasteiger partial charge in [0, 0.05) is 44.8 Å². The second-order valence-corrected chi connectivity index (χ2v) is 12.4. The summed E-state index contributed by atoms with van der Waals surface area (Å²) >= 11 is 0. The third kappa shape index (κ3) is 4.14. The molecule has 7 aromatic carbocycles. The predicted octanol–water partition coefficient (Wildman–Crippen LogP) is 10.8. The van der Waals surface area contributed by atoms with Gasteiger partial charge in [-0.3, -0.25) is 0 Å². The molecule has 1 aliphatic rings. The topological polar surface area (TPSA) is 29.5 Å². The van der Waals surface area contributed by atoms with Gasteiger partial charge in [-0.15, -0.1) is 0 Å². The maximum Gasteiger partial charge on any atom is 0.135 e. The summed E-state index contributed by atoms with van der Waals surface area (Å²) in [6.45, 7) is 0. The first-order chi connectivity index (χ1) is 23.8. The molecule has 0 saturated carbocycles. The van der Waals surface area contributed by atoms with Crippen molar-refractivity contribution in [1.82, 2.24) is 0 Å². The molecular weight excluding hydrogens is 587 g/mol. The van der Waals surface area contributed by atoms with Crippen LogP contribution in [0.4, 0.5) is 17.1 Å². The number of furan rings is 2. The van der Waals surface area contributed by atoms with Gasteiger partial charge in [-0.1, -0.05) is 115 Å². The molecule has 3 heteroatoms. The van der Waals surface area contributed by atoms with E-state index in [0.717, 1.165) is 78.8 Å². The molecule has 3 nitrogen and oxygen atoms in total. The molecule has 0 radical (unpaired) electrons. The molecule has 1 aliphatic carbocycles. The molecule has 2 aromatic heterocycles. The van der Waals surface area contributed by atoms with Crippen LogP contribution in [-0.2, 0) is 6.42 Å². The van der Waals surface area contributed by atoms with E-state index >= 15 is 0 Å². The van der Waals surface area contributed by atoms with Gasteiger partial charge in [0.15, 0.2) is 0 Å². The molecule has 0 fully saturated rings. The van der Waals surface area contributed by atoms with Crippen LogP contribution >= 0.6 is 0 Å². The average molecular weight is 616 g/mol. The molecule has 0 saturated heterocycles. The lowest BCUT2D eigenvalue weighted by molar-refractivity contribution is 0.568. The first-order valence-electron chi connectivity index (χ1n) is 16.4. The Hall–Kier alpha value is -6.32. The van der Waals surface area contributed by atoms with Gasteiger partial charge in [0.2, 0.25) is 0 Å². The third-order valence-electron chi connectivity index (χ3n) is 9.69. The van der Waals surface area contributed by atoms with Gasteiger partial charge in [-0.25, -0.2) is 0 Å². The van der Waals surface area contributed by atoms with Gasteiger partial charge >= 0.3 is 0 Å². The Morgan fingerprint density at radius 3 is 2.12 bits per heavy atom. The van der Waals surface area contributed by atoms with Crippen LogP contribution in [0, 0.1) is 0 Å². The highest BCUT2D eigenvalue weighted by Gasteiger charge is 2.23. The lowest BCUT2D eigenvalue weighted by atomic mass is 9.95. The molecule has 226 valence electrons. The first kappa shape index (κ1) is 26.9. The van der Waals surface area contributed by atoms with Crippen LogP contribution in [0.5, 0.6) is 0 Å². The Bertz CT molecular complexity index is 2830. The second-order valence-electron chi connectivity index (χ2n) is 12.4. The van der Waals surface area contributed by atoms with E-state index in [0.29, 0.717) is 0 Å². The normalized spacial score (nSPS) is 12.4. The number of fused-ring (bicyclic) bond motifs is 8. The zero-order valence-electron chi connectivity index (χ0n) is 26.1.